The highest BCUT2D eigenvalue weighted by Crippen LogP contribution is 2.32. The Kier molecular flexibility index (Phi) is 2.80. The van der Waals surface area contributed by atoms with Gasteiger partial charge in [0.1, 0.15) is 0 Å². The molecule has 1 aromatic heterocycles. The molecule has 0 aliphatic heterocycles. The SMILES string of the molecule is COOC(=O)c1cc2ccc(O)c(O)c2cn1. The maximum Gasteiger partial charge on any atom is 0.391 e. The van der Waals surface area contributed by atoms with Crippen LogP contribution in [0.4, 0.5) is 0 Å². The molecule has 2 aromatic rings. The third-order valence-corrected chi connectivity index (χ3v) is 2.22. The van der Waals surface area contributed by atoms with E-state index in [-0.39, 0.29) is 17.2 Å². The van der Waals surface area contributed by atoms with Crippen LogP contribution in [0.1, 0.15) is 10.5 Å². The van der Waals surface area contributed by atoms with Gasteiger partial charge in [-0.1, -0.05) is 6.07 Å². The van der Waals surface area contributed by atoms with E-state index in [2.05, 4.69) is 14.8 Å². The van der Waals surface area contributed by atoms with Crippen molar-refractivity contribution in [2.24, 2.45) is 0 Å². The Morgan fingerprint density at radius 1 is 1.35 bits per heavy atom. The van der Waals surface area contributed by atoms with E-state index in [9.17, 15) is 15.0 Å². The molecule has 0 bridgehead atoms. The van der Waals surface area contributed by atoms with Crippen molar-refractivity contribution in [1.29, 1.82) is 0 Å². The van der Waals surface area contributed by atoms with Gasteiger partial charge in [0.2, 0.25) is 0 Å². The first-order chi connectivity index (χ1) is 8.13. The third-order valence-electron chi connectivity index (χ3n) is 2.22. The van der Waals surface area contributed by atoms with Crippen molar-refractivity contribution >= 4 is 16.7 Å². The largest absolute Gasteiger partial charge is 0.504 e. The lowest BCUT2D eigenvalue weighted by molar-refractivity contribution is -0.216. The van der Waals surface area contributed by atoms with Crippen molar-refractivity contribution < 1.29 is 24.8 Å². The van der Waals surface area contributed by atoms with Crippen molar-refractivity contribution in [3.63, 3.8) is 0 Å². The highest BCUT2D eigenvalue weighted by Gasteiger charge is 2.12. The summed E-state index contributed by atoms with van der Waals surface area (Å²) in [4.78, 5) is 23.7. The van der Waals surface area contributed by atoms with Gasteiger partial charge in [0.05, 0.1) is 7.11 Å². The first kappa shape index (κ1) is 11.2. The monoisotopic (exact) mass is 235 g/mol. The fraction of sp³-hybridized carbons (Fsp3) is 0.0909. The Morgan fingerprint density at radius 3 is 2.82 bits per heavy atom. The highest BCUT2D eigenvalue weighted by molar-refractivity contribution is 5.95. The molecule has 0 amide bonds. The van der Waals surface area contributed by atoms with Gasteiger partial charge < -0.3 is 10.2 Å². The quantitative estimate of drug-likeness (QED) is 0.464. The third kappa shape index (κ3) is 1.98. The van der Waals surface area contributed by atoms with Crippen LogP contribution >= 0.6 is 0 Å². The summed E-state index contributed by atoms with van der Waals surface area (Å²) < 4.78 is 0. The first-order valence-corrected chi connectivity index (χ1v) is 4.69. The molecule has 6 nitrogen and oxygen atoms in total. The highest BCUT2D eigenvalue weighted by atomic mass is 17.2. The molecular formula is C11H9NO5. The summed E-state index contributed by atoms with van der Waals surface area (Å²) in [6.45, 7) is 0. The van der Waals surface area contributed by atoms with E-state index in [4.69, 9.17) is 0 Å². The maximum atomic E-state index is 11.3. The van der Waals surface area contributed by atoms with E-state index >= 15 is 0 Å². The van der Waals surface area contributed by atoms with Gasteiger partial charge in [-0.15, -0.1) is 0 Å². The molecule has 0 spiro atoms. The minimum atomic E-state index is -0.734. The molecule has 2 N–H and O–H groups in total. The molecule has 0 aliphatic rings. The predicted octanol–water partition coefficient (Wildman–Crippen LogP) is 1.36. The van der Waals surface area contributed by atoms with Crippen LogP contribution in [-0.2, 0) is 9.78 Å². The number of hydrogen-bond acceptors (Lipinski definition) is 6. The number of aromatic hydroxyl groups is 2. The van der Waals surface area contributed by atoms with E-state index in [1.54, 1.807) is 6.07 Å². The molecule has 0 saturated heterocycles. The van der Waals surface area contributed by atoms with Gasteiger partial charge in [0.15, 0.2) is 17.2 Å². The summed E-state index contributed by atoms with van der Waals surface area (Å²) >= 11 is 0. The number of benzene rings is 1. The van der Waals surface area contributed by atoms with Crippen LogP contribution in [0.15, 0.2) is 24.4 Å². The number of phenolic OH excluding ortho intramolecular Hbond substituents is 2. The fourth-order valence-corrected chi connectivity index (χ4v) is 1.42. The van der Waals surface area contributed by atoms with E-state index in [1.807, 2.05) is 0 Å². The summed E-state index contributed by atoms with van der Waals surface area (Å²) in [5, 5.41) is 19.8. The first-order valence-electron chi connectivity index (χ1n) is 4.69. The van der Waals surface area contributed by atoms with Gasteiger partial charge in [-0.3, -0.25) is 4.89 Å². The van der Waals surface area contributed by atoms with Crippen LogP contribution in [0.25, 0.3) is 10.8 Å². The van der Waals surface area contributed by atoms with Crippen LogP contribution in [0.2, 0.25) is 0 Å². The zero-order chi connectivity index (χ0) is 12.4. The van der Waals surface area contributed by atoms with Gasteiger partial charge in [0.25, 0.3) is 0 Å². The Hall–Kier alpha value is -2.34. The number of carbonyl (C=O) groups excluding carboxylic acids is 1. The summed E-state index contributed by atoms with van der Waals surface area (Å²) in [7, 11) is 1.21. The lowest BCUT2D eigenvalue weighted by Crippen LogP contribution is -2.06. The molecule has 1 aromatic carbocycles. The number of nitrogens with zero attached hydrogens (tertiary/aromatic N) is 1. The number of rotatable bonds is 2. The maximum absolute atomic E-state index is 11.3. The Bertz CT molecular complexity index is 581. The molecular weight excluding hydrogens is 226 g/mol. The average molecular weight is 235 g/mol. The van der Waals surface area contributed by atoms with Gasteiger partial charge in [0, 0.05) is 11.6 Å². The van der Waals surface area contributed by atoms with Crippen LogP contribution < -0.4 is 0 Å². The van der Waals surface area contributed by atoms with E-state index in [0.717, 1.165) is 0 Å². The number of carbonyl (C=O) groups is 1. The molecule has 88 valence electrons. The molecule has 0 saturated carbocycles. The zero-order valence-electron chi connectivity index (χ0n) is 8.88. The molecule has 6 heteroatoms. The molecule has 0 aliphatic carbocycles. The number of hydrogen-bond donors (Lipinski definition) is 2. The van der Waals surface area contributed by atoms with Crippen molar-refractivity contribution in [2.45, 2.75) is 0 Å². The second-order valence-electron chi connectivity index (χ2n) is 3.26. The molecule has 0 fully saturated rings. The smallest absolute Gasteiger partial charge is 0.391 e. The molecule has 0 atom stereocenters. The molecule has 0 radical (unpaired) electrons. The number of pyridine rings is 1. The van der Waals surface area contributed by atoms with Crippen LogP contribution in [-0.4, -0.2) is 28.3 Å². The fourth-order valence-electron chi connectivity index (χ4n) is 1.42. The normalized spacial score (nSPS) is 10.4. The Labute approximate surface area is 96.0 Å². The summed E-state index contributed by atoms with van der Waals surface area (Å²) in [5.74, 6) is -1.25. The van der Waals surface area contributed by atoms with Crippen molar-refractivity contribution in [3.8, 4) is 11.5 Å². The van der Waals surface area contributed by atoms with E-state index in [1.165, 1.54) is 25.4 Å². The zero-order valence-corrected chi connectivity index (χ0v) is 8.88. The molecule has 0 unspecified atom stereocenters. The Morgan fingerprint density at radius 2 is 2.12 bits per heavy atom. The van der Waals surface area contributed by atoms with Crippen molar-refractivity contribution in [3.05, 3.63) is 30.1 Å². The Balaban J connectivity index is 2.52. The molecule has 17 heavy (non-hydrogen) atoms. The minimum absolute atomic E-state index is 0.0458. The lowest BCUT2D eigenvalue weighted by atomic mass is 10.1. The number of fused-ring (bicyclic) bond motifs is 1. The van der Waals surface area contributed by atoms with Crippen LogP contribution in [0.3, 0.4) is 0 Å². The van der Waals surface area contributed by atoms with Crippen LogP contribution in [0.5, 0.6) is 11.5 Å². The van der Waals surface area contributed by atoms with Gasteiger partial charge in [-0.25, -0.2) is 9.78 Å². The molecule has 1 heterocycles. The standard InChI is InChI=1S/C11H9NO5/c1-16-17-11(15)8-4-6-2-3-9(13)10(14)7(6)5-12-8/h2-5,13-14H,1H3. The second-order valence-corrected chi connectivity index (χ2v) is 3.26. The minimum Gasteiger partial charge on any atom is -0.504 e. The summed E-state index contributed by atoms with van der Waals surface area (Å²) in [6, 6.07) is 4.30. The van der Waals surface area contributed by atoms with Crippen molar-refractivity contribution in [2.75, 3.05) is 7.11 Å². The summed E-state index contributed by atoms with van der Waals surface area (Å²) in [5.41, 5.74) is 0.0458. The van der Waals surface area contributed by atoms with Gasteiger partial charge in [-0.05, 0) is 17.5 Å². The number of aromatic nitrogens is 1. The molecule has 2 rings (SSSR count). The topological polar surface area (TPSA) is 88.9 Å². The van der Waals surface area contributed by atoms with E-state index in [0.29, 0.717) is 10.8 Å². The van der Waals surface area contributed by atoms with Gasteiger partial charge >= 0.3 is 5.97 Å². The second kappa shape index (κ2) is 4.26. The van der Waals surface area contributed by atoms with Crippen molar-refractivity contribution in [1.82, 2.24) is 4.98 Å². The summed E-state index contributed by atoms with van der Waals surface area (Å²) in [6.07, 6.45) is 1.27. The van der Waals surface area contributed by atoms with E-state index < -0.39 is 5.97 Å². The predicted molar refractivity (Wildman–Crippen MR) is 57.5 cm³/mol. The average Bonchev–Trinajstić information content (AvgIpc) is 2.34. The van der Waals surface area contributed by atoms with Gasteiger partial charge in [-0.2, -0.15) is 4.89 Å². The lowest BCUT2D eigenvalue weighted by Gasteiger charge is -2.04. The van der Waals surface area contributed by atoms with Crippen LogP contribution in [0, 0.1) is 0 Å². The number of phenols is 2.